The van der Waals surface area contributed by atoms with Gasteiger partial charge in [0.15, 0.2) is 0 Å². The summed E-state index contributed by atoms with van der Waals surface area (Å²) >= 11 is 3.38. The SMILES string of the molecule is O=C(NCc1cccnc1N1CCOCC1)c1cccc(Br)c1. The Morgan fingerprint density at radius 1 is 1.26 bits per heavy atom. The van der Waals surface area contributed by atoms with Crippen LogP contribution in [-0.4, -0.2) is 37.2 Å². The molecule has 0 atom stereocenters. The van der Waals surface area contributed by atoms with Crippen molar-refractivity contribution in [2.24, 2.45) is 0 Å². The largest absolute Gasteiger partial charge is 0.378 e. The minimum atomic E-state index is -0.0944. The Balaban J connectivity index is 1.69. The summed E-state index contributed by atoms with van der Waals surface area (Å²) < 4.78 is 6.27. The van der Waals surface area contributed by atoms with Crippen LogP contribution >= 0.6 is 15.9 Å². The fourth-order valence-corrected chi connectivity index (χ4v) is 2.93. The first-order valence-corrected chi connectivity index (χ1v) is 8.34. The first-order chi connectivity index (χ1) is 11.2. The first-order valence-electron chi connectivity index (χ1n) is 7.54. The fraction of sp³-hybridized carbons (Fsp3) is 0.294. The topological polar surface area (TPSA) is 54.5 Å². The van der Waals surface area contributed by atoms with Crippen LogP contribution < -0.4 is 10.2 Å². The van der Waals surface area contributed by atoms with Crippen molar-refractivity contribution in [2.75, 3.05) is 31.2 Å². The van der Waals surface area contributed by atoms with E-state index in [9.17, 15) is 4.79 Å². The molecule has 1 aliphatic rings. The van der Waals surface area contributed by atoms with E-state index in [1.807, 2.05) is 30.3 Å². The smallest absolute Gasteiger partial charge is 0.251 e. The lowest BCUT2D eigenvalue weighted by Crippen LogP contribution is -2.37. The normalized spacial score (nSPS) is 14.6. The van der Waals surface area contributed by atoms with E-state index in [0.717, 1.165) is 28.9 Å². The van der Waals surface area contributed by atoms with Gasteiger partial charge in [0.25, 0.3) is 5.91 Å². The quantitative estimate of drug-likeness (QED) is 0.892. The van der Waals surface area contributed by atoms with Crippen molar-refractivity contribution in [3.63, 3.8) is 0 Å². The molecule has 2 heterocycles. The lowest BCUT2D eigenvalue weighted by molar-refractivity contribution is 0.0950. The molecule has 0 bridgehead atoms. The highest BCUT2D eigenvalue weighted by Crippen LogP contribution is 2.18. The zero-order chi connectivity index (χ0) is 16.1. The lowest BCUT2D eigenvalue weighted by Gasteiger charge is -2.29. The highest BCUT2D eigenvalue weighted by atomic mass is 79.9. The van der Waals surface area contributed by atoms with E-state index in [2.05, 4.69) is 31.1 Å². The van der Waals surface area contributed by atoms with Crippen LogP contribution in [0.2, 0.25) is 0 Å². The van der Waals surface area contributed by atoms with Crippen LogP contribution in [-0.2, 0) is 11.3 Å². The molecule has 1 aliphatic heterocycles. The molecule has 1 fully saturated rings. The molecule has 5 nitrogen and oxygen atoms in total. The van der Waals surface area contributed by atoms with E-state index in [1.165, 1.54) is 0 Å². The van der Waals surface area contributed by atoms with Gasteiger partial charge in [0.2, 0.25) is 0 Å². The number of nitrogens with one attached hydrogen (secondary N) is 1. The van der Waals surface area contributed by atoms with E-state index in [-0.39, 0.29) is 5.91 Å². The van der Waals surface area contributed by atoms with Gasteiger partial charge < -0.3 is 15.0 Å². The maximum absolute atomic E-state index is 12.3. The van der Waals surface area contributed by atoms with Crippen molar-refractivity contribution >= 4 is 27.7 Å². The minimum Gasteiger partial charge on any atom is -0.378 e. The first kappa shape index (κ1) is 16.0. The van der Waals surface area contributed by atoms with Crippen molar-refractivity contribution in [1.29, 1.82) is 0 Å². The summed E-state index contributed by atoms with van der Waals surface area (Å²) in [4.78, 5) is 18.9. The second-order valence-electron chi connectivity index (χ2n) is 5.28. The van der Waals surface area contributed by atoms with Crippen molar-refractivity contribution in [2.45, 2.75) is 6.54 Å². The molecule has 0 saturated carbocycles. The van der Waals surface area contributed by atoms with Gasteiger partial charge in [-0.05, 0) is 24.3 Å². The highest BCUT2D eigenvalue weighted by molar-refractivity contribution is 9.10. The van der Waals surface area contributed by atoms with Crippen LogP contribution in [0, 0.1) is 0 Å². The summed E-state index contributed by atoms with van der Waals surface area (Å²) in [5.41, 5.74) is 1.65. The molecule has 0 spiro atoms. The predicted molar refractivity (Wildman–Crippen MR) is 92.6 cm³/mol. The number of amides is 1. The average molecular weight is 376 g/mol. The zero-order valence-electron chi connectivity index (χ0n) is 12.7. The average Bonchev–Trinajstić information content (AvgIpc) is 2.60. The van der Waals surface area contributed by atoms with Gasteiger partial charge in [-0.2, -0.15) is 0 Å². The maximum Gasteiger partial charge on any atom is 0.251 e. The summed E-state index contributed by atoms with van der Waals surface area (Å²) in [6, 6.07) is 11.2. The lowest BCUT2D eigenvalue weighted by atomic mass is 10.2. The van der Waals surface area contributed by atoms with Gasteiger partial charge in [-0.1, -0.05) is 28.1 Å². The van der Waals surface area contributed by atoms with Gasteiger partial charge in [-0.3, -0.25) is 4.79 Å². The molecule has 1 saturated heterocycles. The van der Waals surface area contributed by atoms with Crippen molar-refractivity contribution < 1.29 is 9.53 Å². The molecule has 23 heavy (non-hydrogen) atoms. The van der Waals surface area contributed by atoms with E-state index >= 15 is 0 Å². The third-order valence-corrected chi connectivity index (χ3v) is 4.20. The standard InChI is InChI=1S/C17H18BrN3O2/c18-15-5-1-3-13(11-15)17(22)20-12-14-4-2-6-19-16(14)21-7-9-23-10-8-21/h1-6,11H,7-10,12H2,(H,20,22). The molecule has 0 aliphatic carbocycles. The zero-order valence-corrected chi connectivity index (χ0v) is 14.3. The molecule has 120 valence electrons. The van der Waals surface area contributed by atoms with Gasteiger partial charge in [-0.25, -0.2) is 4.98 Å². The van der Waals surface area contributed by atoms with Gasteiger partial charge in [-0.15, -0.1) is 0 Å². The number of rotatable bonds is 4. The number of anilines is 1. The summed E-state index contributed by atoms with van der Waals surface area (Å²) in [6.45, 7) is 3.51. The van der Waals surface area contributed by atoms with Crippen molar-refractivity contribution in [3.8, 4) is 0 Å². The number of hydrogen-bond acceptors (Lipinski definition) is 4. The van der Waals surface area contributed by atoms with E-state index < -0.39 is 0 Å². The van der Waals surface area contributed by atoms with Gasteiger partial charge in [0.05, 0.1) is 13.2 Å². The molecule has 1 aromatic carbocycles. The summed E-state index contributed by atoms with van der Waals surface area (Å²) in [5.74, 6) is 0.827. The minimum absolute atomic E-state index is 0.0944. The summed E-state index contributed by atoms with van der Waals surface area (Å²) in [6.07, 6.45) is 1.78. The number of morpholine rings is 1. The molecule has 1 aromatic heterocycles. The number of pyridine rings is 1. The van der Waals surface area contributed by atoms with Crippen molar-refractivity contribution in [1.82, 2.24) is 10.3 Å². The monoisotopic (exact) mass is 375 g/mol. The number of carbonyl (C=O) groups excluding carboxylic acids is 1. The number of nitrogens with zero attached hydrogens (tertiary/aromatic N) is 2. The molecule has 3 rings (SSSR count). The second kappa shape index (κ2) is 7.57. The maximum atomic E-state index is 12.3. The van der Waals surface area contributed by atoms with Crippen LogP contribution in [0.4, 0.5) is 5.82 Å². The fourth-order valence-electron chi connectivity index (χ4n) is 2.54. The van der Waals surface area contributed by atoms with Crippen LogP contribution in [0.1, 0.15) is 15.9 Å². The Bertz CT molecular complexity index is 687. The molecular weight excluding hydrogens is 358 g/mol. The Hall–Kier alpha value is -1.92. The van der Waals surface area contributed by atoms with Gasteiger partial charge >= 0.3 is 0 Å². The molecular formula is C17H18BrN3O2. The van der Waals surface area contributed by atoms with Crippen LogP contribution in [0.5, 0.6) is 0 Å². The number of benzene rings is 1. The summed E-state index contributed by atoms with van der Waals surface area (Å²) in [7, 11) is 0. The molecule has 2 aromatic rings. The number of carbonyl (C=O) groups is 1. The Kier molecular flexibility index (Phi) is 5.25. The van der Waals surface area contributed by atoms with Crippen LogP contribution in [0.15, 0.2) is 47.1 Å². The third-order valence-electron chi connectivity index (χ3n) is 3.70. The van der Waals surface area contributed by atoms with Crippen molar-refractivity contribution in [3.05, 3.63) is 58.2 Å². The number of aromatic nitrogens is 1. The molecule has 0 unspecified atom stereocenters. The number of halogens is 1. The van der Waals surface area contributed by atoms with E-state index in [0.29, 0.717) is 25.3 Å². The van der Waals surface area contributed by atoms with Gasteiger partial charge in [0, 0.05) is 41.4 Å². The van der Waals surface area contributed by atoms with E-state index in [4.69, 9.17) is 4.74 Å². The second-order valence-corrected chi connectivity index (χ2v) is 6.19. The van der Waals surface area contributed by atoms with Crippen LogP contribution in [0.3, 0.4) is 0 Å². The number of hydrogen-bond donors (Lipinski definition) is 1. The Morgan fingerprint density at radius 2 is 2.09 bits per heavy atom. The van der Waals surface area contributed by atoms with Crippen LogP contribution in [0.25, 0.3) is 0 Å². The Morgan fingerprint density at radius 3 is 2.87 bits per heavy atom. The molecule has 1 N–H and O–H groups in total. The summed E-state index contributed by atoms with van der Waals surface area (Å²) in [5, 5.41) is 2.96. The predicted octanol–water partition coefficient (Wildman–Crippen LogP) is 2.61. The van der Waals surface area contributed by atoms with E-state index in [1.54, 1.807) is 12.3 Å². The molecule has 0 radical (unpaired) electrons. The number of ether oxygens (including phenoxy) is 1. The third kappa shape index (κ3) is 4.09. The van der Waals surface area contributed by atoms with Gasteiger partial charge in [0.1, 0.15) is 5.82 Å². The highest BCUT2D eigenvalue weighted by Gasteiger charge is 2.16. The molecule has 6 heteroatoms. The molecule has 1 amide bonds. The Labute approximate surface area is 143 Å².